The topological polar surface area (TPSA) is 120 Å². The fraction of sp³-hybridized carbons (Fsp3) is 0.833. The molecular formula is C18H29NO8. The summed E-state index contributed by atoms with van der Waals surface area (Å²) in [5, 5.41) is 13.3. The van der Waals surface area contributed by atoms with Crippen LogP contribution in [0.15, 0.2) is 0 Å². The Morgan fingerprint density at radius 2 is 1.74 bits per heavy atom. The molecule has 154 valence electrons. The summed E-state index contributed by atoms with van der Waals surface area (Å²) in [4.78, 5) is 34.3. The van der Waals surface area contributed by atoms with Gasteiger partial charge in [-0.1, -0.05) is 19.3 Å². The Hall–Kier alpha value is -1.71. The molecule has 2 fully saturated rings. The second-order valence-corrected chi connectivity index (χ2v) is 7.03. The SMILES string of the molecule is CC(=O)NC1C(OC(C)=O)[C@H](O)C(COC(C)=O)O[C@H]1OC1CCCCC1. The lowest BCUT2D eigenvalue weighted by Gasteiger charge is -2.45. The largest absolute Gasteiger partial charge is 0.463 e. The fourth-order valence-corrected chi connectivity index (χ4v) is 3.48. The molecule has 0 spiro atoms. The zero-order valence-electron chi connectivity index (χ0n) is 16.0. The third-order valence-electron chi connectivity index (χ3n) is 4.68. The Kier molecular flexibility index (Phi) is 8.00. The number of amides is 1. The summed E-state index contributed by atoms with van der Waals surface area (Å²) >= 11 is 0. The Labute approximate surface area is 158 Å². The van der Waals surface area contributed by atoms with E-state index in [-0.39, 0.29) is 18.6 Å². The molecule has 9 nitrogen and oxygen atoms in total. The van der Waals surface area contributed by atoms with Crippen LogP contribution in [-0.4, -0.2) is 66.3 Å². The van der Waals surface area contributed by atoms with E-state index in [1.807, 2.05) is 0 Å². The van der Waals surface area contributed by atoms with Crippen molar-refractivity contribution in [3.05, 3.63) is 0 Å². The molecule has 1 saturated carbocycles. The number of hydrogen-bond donors (Lipinski definition) is 2. The molecule has 9 heteroatoms. The normalized spacial score (nSPS) is 31.8. The standard InChI is InChI=1S/C18H29NO8/c1-10(20)19-15-17(25-12(3)22)16(23)14(9-24-11(2)21)27-18(15)26-13-7-5-4-6-8-13/h13-18,23H,4-9H2,1-3H3,(H,19,20)/t14?,15?,16-,17?,18-/m1/s1. The number of esters is 2. The molecule has 2 aliphatic rings. The van der Waals surface area contributed by atoms with E-state index in [0.29, 0.717) is 0 Å². The number of ether oxygens (including phenoxy) is 4. The van der Waals surface area contributed by atoms with Crippen LogP contribution in [0.5, 0.6) is 0 Å². The number of hydrogen-bond acceptors (Lipinski definition) is 8. The van der Waals surface area contributed by atoms with Gasteiger partial charge in [0, 0.05) is 20.8 Å². The van der Waals surface area contributed by atoms with E-state index in [9.17, 15) is 19.5 Å². The summed E-state index contributed by atoms with van der Waals surface area (Å²) in [6.07, 6.45) is 0.619. The van der Waals surface area contributed by atoms with Gasteiger partial charge in [-0.05, 0) is 12.8 Å². The highest BCUT2D eigenvalue weighted by atomic mass is 16.7. The highest BCUT2D eigenvalue weighted by molar-refractivity contribution is 5.73. The number of rotatable bonds is 6. The summed E-state index contributed by atoms with van der Waals surface area (Å²) in [5.41, 5.74) is 0. The van der Waals surface area contributed by atoms with Crippen molar-refractivity contribution in [2.75, 3.05) is 6.61 Å². The van der Waals surface area contributed by atoms with Gasteiger partial charge in [0.2, 0.25) is 5.91 Å². The highest BCUT2D eigenvalue weighted by Gasteiger charge is 2.49. The monoisotopic (exact) mass is 387 g/mol. The highest BCUT2D eigenvalue weighted by Crippen LogP contribution is 2.29. The molecule has 1 aliphatic carbocycles. The Bertz CT molecular complexity index is 533. The first-order valence-electron chi connectivity index (χ1n) is 9.34. The van der Waals surface area contributed by atoms with E-state index >= 15 is 0 Å². The molecule has 1 saturated heterocycles. The Morgan fingerprint density at radius 3 is 2.30 bits per heavy atom. The molecule has 0 radical (unpaired) electrons. The van der Waals surface area contributed by atoms with E-state index in [4.69, 9.17) is 18.9 Å². The molecule has 0 aromatic rings. The lowest BCUT2D eigenvalue weighted by Crippen LogP contribution is -2.66. The summed E-state index contributed by atoms with van der Waals surface area (Å²) in [5.74, 6) is -1.51. The van der Waals surface area contributed by atoms with Gasteiger partial charge in [-0.2, -0.15) is 0 Å². The van der Waals surface area contributed by atoms with E-state index < -0.39 is 42.6 Å². The summed E-state index contributed by atoms with van der Waals surface area (Å²) < 4.78 is 22.1. The van der Waals surface area contributed by atoms with Gasteiger partial charge in [-0.15, -0.1) is 0 Å². The Morgan fingerprint density at radius 1 is 1.07 bits per heavy atom. The molecule has 3 unspecified atom stereocenters. The maximum atomic E-state index is 11.7. The third kappa shape index (κ3) is 6.44. The van der Waals surface area contributed by atoms with Crippen LogP contribution >= 0.6 is 0 Å². The van der Waals surface area contributed by atoms with E-state index in [2.05, 4.69) is 5.32 Å². The molecule has 1 heterocycles. The minimum absolute atomic E-state index is 0.0531. The van der Waals surface area contributed by atoms with E-state index in [1.165, 1.54) is 20.8 Å². The van der Waals surface area contributed by atoms with Crippen molar-refractivity contribution in [2.24, 2.45) is 0 Å². The maximum Gasteiger partial charge on any atom is 0.303 e. The molecule has 1 aliphatic heterocycles. The molecule has 0 bridgehead atoms. The van der Waals surface area contributed by atoms with E-state index in [1.54, 1.807) is 0 Å². The minimum atomic E-state index is -1.30. The summed E-state index contributed by atoms with van der Waals surface area (Å²) in [6, 6.07) is -0.878. The fourth-order valence-electron chi connectivity index (χ4n) is 3.48. The zero-order chi connectivity index (χ0) is 20.0. The second kappa shape index (κ2) is 10.0. The smallest absolute Gasteiger partial charge is 0.303 e. The molecular weight excluding hydrogens is 358 g/mol. The summed E-state index contributed by atoms with van der Waals surface area (Å²) in [6.45, 7) is 3.56. The average molecular weight is 387 g/mol. The quantitative estimate of drug-likeness (QED) is 0.629. The van der Waals surface area contributed by atoms with Crippen molar-refractivity contribution < 1.29 is 38.4 Å². The van der Waals surface area contributed by atoms with Crippen LogP contribution in [0.4, 0.5) is 0 Å². The number of carbonyl (C=O) groups is 3. The van der Waals surface area contributed by atoms with Crippen LogP contribution in [0.25, 0.3) is 0 Å². The van der Waals surface area contributed by atoms with Crippen molar-refractivity contribution in [2.45, 2.75) is 89.6 Å². The van der Waals surface area contributed by atoms with Crippen molar-refractivity contribution in [1.82, 2.24) is 5.32 Å². The van der Waals surface area contributed by atoms with Crippen LogP contribution in [0.1, 0.15) is 52.9 Å². The molecule has 0 aromatic carbocycles. The molecule has 2 rings (SSSR count). The van der Waals surface area contributed by atoms with Gasteiger partial charge in [0.05, 0.1) is 6.10 Å². The first kappa shape index (κ1) is 21.6. The minimum Gasteiger partial charge on any atom is -0.463 e. The number of aliphatic hydroxyl groups is 1. The Balaban J connectivity index is 2.21. The van der Waals surface area contributed by atoms with E-state index in [0.717, 1.165) is 32.1 Å². The maximum absolute atomic E-state index is 11.7. The van der Waals surface area contributed by atoms with Gasteiger partial charge in [0.25, 0.3) is 0 Å². The number of carbonyl (C=O) groups excluding carboxylic acids is 3. The van der Waals surface area contributed by atoms with Gasteiger partial charge in [-0.25, -0.2) is 0 Å². The third-order valence-corrected chi connectivity index (χ3v) is 4.68. The van der Waals surface area contributed by atoms with Gasteiger partial charge in [0.15, 0.2) is 12.4 Å². The van der Waals surface area contributed by atoms with Gasteiger partial charge < -0.3 is 29.4 Å². The lowest BCUT2D eigenvalue weighted by molar-refractivity contribution is -0.286. The van der Waals surface area contributed by atoms with Crippen LogP contribution in [0, 0.1) is 0 Å². The molecule has 1 amide bonds. The van der Waals surface area contributed by atoms with Crippen molar-refractivity contribution in [3.63, 3.8) is 0 Å². The predicted octanol–water partition coefficient (Wildman–Crippen LogP) is 0.421. The van der Waals surface area contributed by atoms with Gasteiger partial charge in [0.1, 0.15) is 24.9 Å². The van der Waals surface area contributed by atoms with Crippen LogP contribution in [0.3, 0.4) is 0 Å². The lowest BCUT2D eigenvalue weighted by atomic mass is 9.95. The van der Waals surface area contributed by atoms with Crippen molar-refractivity contribution in [3.8, 4) is 0 Å². The zero-order valence-corrected chi connectivity index (χ0v) is 16.0. The molecule has 27 heavy (non-hydrogen) atoms. The number of aliphatic hydroxyl groups excluding tert-OH is 1. The molecule has 5 atom stereocenters. The average Bonchev–Trinajstić information content (AvgIpc) is 2.59. The number of nitrogens with one attached hydrogen (secondary N) is 1. The van der Waals surface area contributed by atoms with Crippen molar-refractivity contribution in [1.29, 1.82) is 0 Å². The molecule has 2 N–H and O–H groups in total. The summed E-state index contributed by atoms with van der Waals surface area (Å²) in [7, 11) is 0. The molecule has 0 aromatic heterocycles. The van der Waals surface area contributed by atoms with Gasteiger partial charge >= 0.3 is 11.9 Å². The van der Waals surface area contributed by atoms with Crippen molar-refractivity contribution >= 4 is 17.8 Å². The van der Waals surface area contributed by atoms with Crippen LogP contribution in [-0.2, 0) is 33.3 Å². The second-order valence-electron chi connectivity index (χ2n) is 7.03. The van der Waals surface area contributed by atoms with Crippen LogP contribution in [0.2, 0.25) is 0 Å². The first-order chi connectivity index (χ1) is 12.8. The van der Waals surface area contributed by atoms with Crippen LogP contribution < -0.4 is 5.32 Å². The van der Waals surface area contributed by atoms with Gasteiger partial charge in [-0.3, -0.25) is 14.4 Å². The first-order valence-corrected chi connectivity index (χ1v) is 9.34. The predicted molar refractivity (Wildman–Crippen MR) is 92.4 cm³/mol.